The minimum Gasteiger partial charge on any atom is -0.346 e. The summed E-state index contributed by atoms with van der Waals surface area (Å²) in [6.07, 6.45) is 10.4. The minimum atomic E-state index is -1.22. The number of amides is 5. The Balaban J connectivity index is 1.58. The highest BCUT2D eigenvalue weighted by Gasteiger charge is 2.64. The molecule has 0 aromatic rings. The third-order valence-electron chi connectivity index (χ3n) is 11.5. The van der Waals surface area contributed by atoms with Crippen molar-refractivity contribution in [2.75, 3.05) is 32.9 Å². The van der Waals surface area contributed by atoms with E-state index >= 15 is 0 Å². The van der Waals surface area contributed by atoms with Crippen LogP contribution in [0.2, 0.25) is 0 Å². The van der Waals surface area contributed by atoms with Gasteiger partial charge in [0.1, 0.15) is 12.1 Å². The molecule has 0 aromatic heterocycles. The maximum Gasteiger partial charge on any atom is 0.315 e. The van der Waals surface area contributed by atoms with Gasteiger partial charge in [0.15, 0.2) is 0 Å². The fraction of sp³-hybridized carbons (Fsp3) is 0.806. The normalized spacial score (nSPS) is 25.4. The van der Waals surface area contributed by atoms with E-state index in [4.69, 9.17) is 0 Å². The molecule has 5 amide bonds. The second kappa shape index (κ2) is 15.2. The van der Waals surface area contributed by atoms with Gasteiger partial charge < -0.3 is 26.2 Å². The third kappa shape index (κ3) is 9.11. The molecule has 3 saturated carbocycles. The summed E-state index contributed by atoms with van der Waals surface area (Å²) in [5, 5.41) is 11.5. The number of nitrogens with zero attached hydrogens (tertiary/aromatic N) is 2. The van der Waals surface area contributed by atoms with Crippen LogP contribution < -0.4 is 21.3 Å². The average Bonchev–Trinajstić information content (AvgIpc) is 3.55. The molecule has 276 valence electrons. The van der Waals surface area contributed by atoms with Gasteiger partial charge in [-0.25, -0.2) is 13.3 Å². The molecular formula is C36H60N6O6S. The molecule has 4 fully saturated rings. The highest BCUT2D eigenvalue weighted by molar-refractivity contribution is 7.81. The second-order valence-corrected chi connectivity index (χ2v) is 18.6. The highest BCUT2D eigenvalue weighted by atomic mass is 32.2. The summed E-state index contributed by atoms with van der Waals surface area (Å²) in [5.41, 5.74) is -0.928. The number of urea groups is 1. The number of Topliss-reactive ketones (excluding diaryl/α,β-unsaturated/α-hetero) is 1. The maximum absolute atomic E-state index is 14.6. The van der Waals surface area contributed by atoms with Crippen molar-refractivity contribution in [1.29, 1.82) is 0 Å². The van der Waals surface area contributed by atoms with Gasteiger partial charge in [-0.15, -0.1) is 6.58 Å². The number of likely N-dealkylation sites (tertiary alicyclic amines) is 1. The molecule has 4 rings (SSSR count). The van der Waals surface area contributed by atoms with E-state index in [0.717, 1.165) is 44.9 Å². The largest absolute Gasteiger partial charge is 0.346 e. The number of ketones is 1. The Hall–Kier alpha value is -2.80. The molecule has 12 nitrogen and oxygen atoms in total. The molecule has 7 atom stereocenters. The summed E-state index contributed by atoms with van der Waals surface area (Å²) in [5.74, 6) is -1.84. The number of nitrogens with one attached hydrogen (secondary N) is 4. The van der Waals surface area contributed by atoms with Gasteiger partial charge in [0.2, 0.25) is 17.6 Å². The van der Waals surface area contributed by atoms with Crippen LogP contribution in [0.25, 0.3) is 0 Å². The van der Waals surface area contributed by atoms with Crippen molar-refractivity contribution in [2.24, 2.45) is 34.0 Å². The van der Waals surface area contributed by atoms with Gasteiger partial charge in [0.05, 0.1) is 17.0 Å². The van der Waals surface area contributed by atoms with Crippen molar-refractivity contribution in [3.63, 3.8) is 0 Å². The van der Waals surface area contributed by atoms with Crippen molar-refractivity contribution in [3.8, 4) is 0 Å². The monoisotopic (exact) mass is 704 g/mol. The molecule has 49 heavy (non-hydrogen) atoms. The first-order chi connectivity index (χ1) is 22.8. The number of carbonyl (C=O) groups excluding carboxylic acids is 5. The number of likely N-dealkylation sites (N-methyl/N-ethyl adjacent to an activating group) is 1. The summed E-state index contributed by atoms with van der Waals surface area (Å²) in [6, 6.07) is -3.63. The van der Waals surface area contributed by atoms with E-state index in [1.54, 1.807) is 22.5 Å². The van der Waals surface area contributed by atoms with Crippen LogP contribution in [0, 0.1) is 34.0 Å². The van der Waals surface area contributed by atoms with Crippen molar-refractivity contribution in [3.05, 3.63) is 12.7 Å². The minimum absolute atomic E-state index is 0.0642. The van der Waals surface area contributed by atoms with Gasteiger partial charge >= 0.3 is 6.03 Å². The van der Waals surface area contributed by atoms with Crippen molar-refractivity contribution in [2.45, 2.75) is 117 Å². The Kier molecular flexibility index (Phi) is 12.1. The Morgan fingerprint density at radius 1 is 0.980 bits per heavy atom. The summed E-state index contributed by atoms with van der Waals surface area (Å²) >= 11 is 0. The zero-order valence-electron chi connectivity index (χ0n) is 30.9. The number of hydrogen-bond acceptors (Lipinski definition) is 6. The summed E-state index contributed by atoms with van der Waals surface area (Å²) < 4.78 is 13.8. The van der Waals surface area contributed by atoms with Crippen LogP contribution in [-0.2, 0) is 30.2 Å². The lowest BCUT2D eigenvalue weighted by Crippen LogP contribution is -2.62. The fourth-order valence-electron chi connectivity index (χ4n) is 7.91. The smallest absolute Gasteiger partial charge is 0.315 e. The van der Waals surface area contributed by atoms with Gasteiger partial charge in [-0.05, 0) is 73.2 Å². The molecule has 3 aliphatic carbocycles. The van der Waals surface area contributed by atoms with Crippen LogP contribution in [-0.4, -0.2) is 100 Å². The van der Waals surface area contributed by atoms with Crippen molar-refractivity contribution >= 4 is 40.5 Å². The molecule has 13 heteroatoms. The molecule has 4 N–H and O–H groups in total. The fourth-order valence-corrected chi connectivity index (χ4v) is 8.27. The average molecular weight is 705 g/mol. The summed E-state index contributed by atoms with van der Waals surface area (Å²) in [7, 11) is 0.508. The third-order valence-corrected chi connectivity index (χ3v) is 12.6. The molecule has 0 bridgehead atoms. The van der Waals surface area contributed by atoms with Crippen molar-refractivity contribution < 1.29 is 28.2 Å². The van der Waals surface area contributed by atoms with Gasteiger partial charge in [-0.3, -0.25) is 19.2 Å². The molecule has 1 heterocycles. The molecular weight excluding hydrogens is 644 g/mol. The molecule has 2 unspecified atom stereocenters. The molecule has 0 radical (unpaired) electrons. The molecule has 0 aromatic carbocycles. The zero-order valence-corrected chi connectivity index (χ0v) is 31.7. The van der Waals surface area contributed by atoms with Crippen LogP contribution in [0.1, 0.15) is 92.9 Å². The predicted octanol–water partition coefficient (Wildman–Crippen LogP) is 2.90. The predicted molar refractivity (Wildman–Crippen MR) is 190 cm³/mol. The molecule has 1 spiro atoms. The number of fused-ring (bicyclic) bond motifs is 2. The van der Waals surface area contributed by atoms with E-state index in [9.17, 15) is 28.2 Å². The molecule has 1 aliphatic heterocycles. The van der Waals surface area contributed by atoms with Crippen LogP contribution in [0.4, 0.5) is 4.79 Å². The van der Waals surface area contributed by atoms with Gasteiger partial charge in [0.25, 0.3) is 5.91 Å². The molecule has 1 saturated heterocycles. The maximum atomic E-state index is 14.6. The first-order valence-corrected chi connectivity index (χ1v) is 19.5. The summed E-state index contributed by atoms with van der Waals surface area (Å²) in [4.78, 5) is 70.3. The lowest BCUT2D eigenvalue weighted by Gasteiger charge is -2.38. The SMILES string of the molecule is C=CCNC(=O)C(=O)C(CC1CCC1)NC(=O)[C@@H]1[C@H]2CCC3(CC3)[C@H]2CN1C(=O)[C@@H](NC(=O)N[C@H](CN(C)S(C)=O)C(C)(C)C)C(C)(C)C. The lowest BCUT2D eigenvalue weighted by molar-refractivity contribution is -0.144. The van der Waals surface area contributed by atoms with Crippen LogP contribution >= 0.6 is 0 Å². The van der Waals surface area contributed by atoms with E-state index in [0.29, 0.717) is 19.5 Å². The quantitative estimate of drug-likeness (QED) is 0.161. The van der Waals surface area contributed by atoms with Gasteiger partial charge in [-0.2, -0.15) is 0 Å². The zero-order chi connectivity index (χ0) is 36.5. The topological polar surface area (TPSA) is 157 Å². The van der Waals surface area contributed by atoms with Gasteiger partial charge in [0, 0.05) is 31.9 Å². The van der Waals surface area contributed by atoms with E-state index in [2.05, 4.69) is 27.8 Å². The van der Waals surface area contributed by atoms with E-state index in [-0.39, 0.29) is 47.1 Å². The molecule has 4 aliphatic rings. The second-order valence-electron chi connectivity index (χ2n) is 17.1. The van der Waals surface area contributed by atoms with Crippen LogP contribution in [0.3, 0.4) is 0 Å². The van der Waals surface area contributed by atoms with Gasteiger partial charge in [-0.1, -0.05) is 66.9 Å². The Bertz CT molecular complexity index is 1320. The first kappa shape index (κ1) is 39.0. The Morgan fingerprint density at radius 3 is 2.14 bits per heavy atom. The Morgan fingerprint density at radius 2 is 1.63 bits per heavy atom. The number of hydrogen-bond donors (Lipinski definition) is 4. The van der Waals surface area contributed by atoms with Crippen molar-refractivity contribution in [1.82, 2.24) is 30.5 Å². The standard InChI is InChI=1S/C36H60N6O6S/c1-10-18-37-31(45)28(43)25(19-22-12-11-13-22)38-30(44)27-23-14-15-36(16-17-36)24(23)20-42(27)32(46)29(35(5,6)7)40-33(47)39-26(34(2,3)4)21-41(8)49(9)48/h10,22-27,29H,1,11-21H2,2-9H3,(H,37,45)(H,38,44)(H2,39,40,47)/t23-,24-,25?,26+,27-,29+,49?/m0/s1. The van der Waals surface area contributed by atoms with E-state index < -0.39 is 58.2 Å². The van der Waals surface area contributed by atoms with E-state index in [1.807, 2.05) is 41.5 Å². The van der Waals surface area contributed by atoms with Crippen LogP contribution in [0.5, 0.6) is 0 Å². The Labute approximate surface area is 295 Å². The van der Waals surface area contributed by atoms with E-state index in [1.165, 1.54) is 6.08 Å². The number of rotatable bonds is 14. The summed E-state index contributed by atoms with van der Waals surface area (Å²) in [6.45, 7) is 16.1. The lowest BCUT2D eigenvalue weighted by atomic mass is 9.80. The first-order valence-electron chi connectivity index (χ1n) is 17.9. The van der Waals surface area contributed by atoms with Crippen LogP contribution in [0.15, 0.2) is 12.7 Å². The highest BCUT2D eigenvalue weighted by Crippen LogP contribution is 2.66. The number of carbonyl (C=O) groups is 5.